The number of nitrogens with one attached hydrogen (secondary N) is 2. The molecule has 4 nitrogen and oxygen atoms in total. The van der Waals surface area contributed by atoms with Crippen molar-refractivity contribution in [1.82, 2.24) is 5.32 Å². The first-order chi connectivity index (χ1) is 13.3. The Morgan fingerprint density at radius 2 is 1.75 bits per heavy atom. The SMILES string of the molecule is Cc1ccc(-c2cccc(NC(=S)NC(=O)c3cc(F)c(F)c(F)c3F)c2)o1. The van der Waals surface area contributed by atoms with Gasteiger partial charge in [-0.05, 0) is 49.5 Å². The van der Waals surface area contributed by atoms with Crippen LogP contribution in [-0.4, -0.2) is 11.0 Å². The van der Waals surface area contributed by atoms with Crippen LogP contribution in [0.3, 0.4) is 0 Å². The highest BCUT2D eigenvalue weighted by Gasteiger charge is 2.23. The van der Waals surface area contributed by atoms with Crippen molar-refractivity contribution in [2.45, 2.75) is 6.92 Å². The van der Waals surface area contributed by atoms with E-state index in [-0.39, 0.29) is 11.2 Å². The minimum absolute atomic E-state index is 0.248. The average molecular weight is 408 g/mol. The molecule has 144 valence electrons. The van der Waals surface area contributed by atoms with E-state index in [9.17, 15) is 22.4 Å². The number of hydrogen-bond acceptors (Lipinski definition) is 3. The Kier molecular flexibility index (Phi) is 5.46. The van der Waals surface area contributed by atoms with Gasteiger partial charge in [-0.1, -0.05) is 12.1 Å². The van der Waals surface area contributed by atoms with Gasteiger partial charge in [-0.2, -0.15) is 0 Å². The van der Waals surface area contributed by atoms with Crippen molar-refractivity contribution in [2.75, 3.05) is 5.32 Å². The third kappa shape index (κ3) is 4.04. The van der Waals surface area contributed by atoms with E-state index in [0.29, 0.717) is 11.4 Å². The molecule has 1 heterocycles. The Bertz CT molecular complexity index is 1080. The van der Waals surface area contributed by atoms with Crippen molar-refractivity contribution >= 4 is 28.9 Å². The lowest BCUT2D eigenvalue weighted by molar-refractivity contribution is 0.0971. The Morgan fingerprint density at radius 1 is 1.00 bits per heavy atom. The summed E-state index contributed by atoms with van der Waals surface area (Å²) >= 11 is 4.96. The molecule has 3 rings (SSSR count). The van der Waals surface area contributed by atoms with E-state index in [4.69, 9.17) is 16.6 Å². The van der Waals surface area contributed by atoms with Crippen LogP contribution < -0.4 is 10.6 Å². The summed E-state index contributed by atoms with van der Waals surface area (Å²) < 4.78 is 58.7. The van der Waals surface area contributed by atoms with Gasteiger partial charge in [0.25, 0.3) is 5.91 Å². The van der Waals surface area contributed by atoms with Crippen molar-refractivity contribution in [1.29, 1.82) is 0 Å². The maximum absolute atomic E-state index is 13.7. The number of carbonyl (C=O) groups is 1. The molecular formula is C19H12F4N2O2S. The van der Waals surface area contributed by atoms with Crippen molar-refractivity contribution in [3.05, 3.63) is 77.1 Å². The van der Waals surface area contributed by atoms with Gasteiger partial charge in [-0.15, -0.1) is 0 Å². The first kappa shape index (κ1) is 19.6. The maximum Gasteiger partial charge on any atom is 0.260 e. The van der Waals surface area contributed by atoms with Gasteiger partial charge in [0.05, 0.1) is 5.56 Å². The average Bonchev–Trinajstić information content (AvgIpc) is 3.09. The lowest BCUT2D eigenvalue weighted by Gasteiger charge is -2.11. The molecule has 1 aromatic heterocycles. The molecule has 0 unspecified atom stereocenters. The second-order valence-corrected chi connectivity index (χ2v) is 6.16. The molecule has 0 saturated carbocycles. The molecule has 0 saturated heterocycles. The summed E-state index contributed by atoms with van der Waals surface area (Å²) in [5.41, 5.74) is 0.204. The van der Waals surface area contributed by atoms with Crippen LogP contribution in [0, 0.1) is 30.2 Å². The van der Waals surface area contributed by atoms with Crippen LogP contribution in [0.1, 0.15) is 16.1 Å². The zero-order valence-electron chi connectivity index (χ0n) is 14.3. The van der Waals surface area contributed by atoms with Gasteiger partial charge in [0.15, 0.2) is 28.4 Å². The fourth-order valence-electron chi connectivity index (χ4n) is 2.41. The van der Waals surface area contributed by atoms with Crippen LogP contribution >= 0.6 is 12.2 Å². The summed E-state index contributed by atoms with van der Waals surface area (Å²) in [4.78, 5) is 12.0. The van der Waals surface area contributed by atoms with Crippen LogP contribution in [0.4, 0.5) is 23.2 Å². The van der Waals surface area contributed by atoms with Crippen LogP contribution in [0.15, 0.2) is 46.9 Å². The summed E-state index contributed by atoms with van der Waals surface area (Å²) in [5.74, 6) is -7.46. The Morgan fingerprint density at radius 3 is 2.43 bits per heavy atom. The summed E-state index contributed by atoms with van der Waals surface area (Å²) in [6, 6.07) is 10.7. The quantitative estimate of drug-likeness (QED) is 0.279. The molecule has 2 N–H and O–H groups in total. The monoisotopic (exact) mass is 408 g/mol. The fraction of sp³-hybridized carbons (Fsp3) is 0.0526. The van der Waals surface area contributed by atoms with Crippen molar-refractivity contribution in [2.24, 2.45) is 0 Å². The number of anilines is 1. The lowest BCUT2D eigenvalue weighted by atomic mass is 10.1. The molecule has 0 bridgehead atoms. The standard InChI is InChI=1S/C19H12F4N2O2S/c1-9-5-6-14(27-9)10-3-2-4-11(7-10)24-19(28)25-18(26)12-8-13(20)16(22)17(23)15(12)21/h2-8H,1H3,(H2,24,25,26,28). The molecule has 0 aliphatic carbocycles. The topological polar surface area (TPSA) is 54.3 Å². The van der Waals surface area contributed by atoms with Crippen LogP contribution in [0.5, 0.6) is 0 Å². The molecule has 0 aliphatic rings. The number of hydrogen-bond donors (Lipinski definition) is 2. The Balaban J connectivity index is 1.74. The Hall–Kier alpha value is -3.20. The molecule has 0 spiro atoms. The summed E-state index contributed by atoms with van der Waals surface area (Å²) in [6.45, 7) is 1.80. The van der Waals surface area contributed by atoms with Crippen molar-refractivity contribution in [3.63, 3.8) is 0 Å². The third-order valence-electron chi connectivity index (χ3n) is 3.72. The predicted octanol–water partition coefficient (Wildman–Crippen LogP) is 4.94. The summed E-state index contributed by atoms with van der Waals surface area (Å²) in [7, 11) is 0. The molecular weight excluding hydrogens is 396 g/mol. The second-order valence-electron chi connectivity index (χ2n) is 5.75. The van der Waals surface area contributed by atoms with E-state index in [0.717, 1.165) is 11.3 Å². The number of halogens is 4. The predicted molar refractivity (Wildman–Crippen MR) is 98.8 cm³/mol. The van der Waals surface area contributed by atoms with Gasteiger partial charge in [-0.25, -0.2) is 17.6 Å². The molecule has 3 aromatic rings. The third-order valence-corrected chi connectivity index (χ3v) is 3.92. The van der Waals surface area contributed by atoms with E-state index in [2.05, 4.69) is 10.6 Å². The molecule has 9 heteroatoms. The van der Waals surface area contributed by atoms with Gasteiger partial charge < -0.3 is 9.73 Å². The minimum atomic E-state index is -2.08. The van der Waals surface area contributed by atoms with Crippen LogP contribution in [0.2, 0.25) is 0 Å². The van der Waals surface area contributed by atoms with E-state index in [1.54, 1.807) is 43.3 Å². The second kappa shape index (κ2) is 7.81. The number of amides is 1. The van der Waals surface area contributed by atoms with Crippen molar-refractivity contribution in [3.8, 4) is 11.3 Å². The van der Waals surface area contributed by atoms with Crippen LogP contribution in [0.25, 0.3) is 11.3 Å². The number of furan rings is 1. The van der Waals surface area contributed by atoms with Gasteiger partial charge in [0.1, 0.15) is 11.5 Å². The summed E-state index contributed by atoms with van der Waals surface area (Å²) in [6.07, 6.45) is 0. The number of aryl methyl sites for hydroxylation is 1. The zero-order valence-corrected chi connectivity index (χ0v) is 15.1. The molecule has 0 fully saturated rings. The van der Waals surface area contributed by atoms with E-state index in [1.807, 2.05) is 0 Å². The van der Waals surface area contributed by atoms with E-state index in [1.165, 1.54) is 0 Å². The zero-order chi connectivity index (χ0) is 20.4. The molecule has 28 heavy (non-hydrogen) atoms. The van der Waals surface area contributed by atoms with E-state index < -0.39 is 34.7 Å². The lowest BCUT2D eigenvalue weighted by Crippen LogP contribution is -2.35. The molecule has 1 amide bonds. The number of benzene rings is 2. The van der Waals surface area contributed by atoms with E-state index >= 15 is 0 Å². The number of thiocarbonyl (C=S) groups is 1. The van der Waals surface area contributed by atoms with Gasteiger partial charge in [0.2, 0.25) is 0 Å². The summed E-state index contributed by atoms with van der Waals surface area (Å²) in [5, 5.41) is 4.53. The first-order valence-corrected chi connectivity index (χ1v) is 8.29. The minimum Gasteiger partial charge on any atom is -0.461 e. The first-order valence-electron chi connectivity index (χ1n) is 7.88. The fourth-order valence-corrected chi connectivity index (χ4v) is 2.62. The maximum atomic E-state index is 13.7. The van der Waals surface area contributed by atoms with Gasteiger partial charge in [-0.3, -0.25) is 10.1 Å². The van der Waals surface area contributed by atoms with Crippen molar-refractivity contribution < 1.29 is 26.8 Å². The molecule has 0 aliphatic heterocycles. The van der Waals surface area contributed by atoms with Gasteiger partial charge in [0, 0.05) is 11.3 Å². The molecule has 2 aromatic carbocycles. The highest BCUT2D eigenvalue weighted by Crippen LogP contribution is 2.24. The largest absolute Gasteiger partial charge is 0.461 e. The smallest absolute Gasteiger partial charge is 0.260 e. The normalized spacial score (nSPS) is 10.6. The molecule has 0 atom stereocenters. The highest BCUT2D eigenvalue weighted by atomic mass is 32.1. The van der Waals surface area contributed by atoms with Crippen LogP contribution in [-0.2, 0) is 0 Å². The number of rotatable bonds is 3. The van der Waals surface area contributed by atoms with Gasteiger partial charge >= 0.3 is 0 Å². The molecule has 0 radical (unpaired) electrons. The number of carbonyl (C=O) groups excluding carboxylic acids is 1. The Labute approximate surface area is 162 Å². The highest BCUT2D eigenvalue weighted by molar-refractivity contribution is 7.80.